The lowest BCUT2D eigenvalue weighted by atomic mass is 10.0. The van der Waals surface area contributed by atoms with Gasteiger partial charge in [0, 0.05) is 24.4 Å². The Hall–Kier alpha value is -2.37. The minimum absolute atomic E-state index is 0.0327. The van der Waals surface area contributed by atoms with Gasteiger partial charge in [0.25, 0.3) is 0 Å². The molecule has 1 unspecified atom stereocenters. The van der Waals surface area contributed by atoms with Crippen LogP contribution >= 0.6 is 0 Å². The number of benzene rings is 1. The summed E-state index contributed by atoms with van der Waals surface area (Å²) in [5.41, 5.74) is 0.584. The third kappa shape index (κ3) is 4.57. The summed E-state index contributed by atoms with van der Waals surface area (Å²) in [5.74, 6) is -0.529. The molecular formula is C18H23NO5. The van der Waals surface area contributed by atoms with Crippen molar-refractivity contribution in [2.45, 2.75) is 51.1 Å². The van der Waals surface area contributed by atoms with Crippen LogP contribution in [0.25, 0.3) is 0 Å². The van der Waals surface area contributed by atoms with Gasteiger partial charge in [-0.15, -0.1) is 0 Å². The first-order chi connectivity index (χ1) is 11.4. The van der Waals surface area contributed by atoms with E-state index < -0.39 is 12.0 Å². The first-order valence-electron chi connectivity index (χ1n) is 8.15. The standard InChI is InChI=1S/C18H23NO5/c1-12(18(22)23)19(14-8-9-14)17(21)5-3-4-16(20)13-6-10-15(24-2)11-7-13/h6-7,10-12,14H,3-5,8-9H2,1-2H3,(H,22,23). The number of ether oxygens (including phenoxy) is 1. The number of methoxy groups -OCH3 is 1. The highest BCUT2D eigenvalue weighted by molar-refractivity contribution is 5.96. The van der Waals surface area contributed by atoms with Gasteiger partial charge in [-0.05, 0) is 50.5 Å². The molecule has 1 aromatic carbocycles. The average Bonchev–Trinajstić information content (AvgIpc) is 3.39. The van der Waals surface area contributed by atoms with Crippen LogP contribution in [0, 0.1) is 0 Å². The average molecular weight is 333 g/mol. The van der Waals surface area contributed by atoms with Crippen molar-refractivity contribution in [3.63, 3.8) is 0 Å². The molecular weight excluding hydrogens is 310 g/mol. The van der Waals surface area contributed by atoms with Gasteiger partial charge in [0.1, 0.15) is 11.8 Å². The van der Waals surface area contributed by atoms with Crippen LogP contribution in [-0.2, 0) is 9.59 Å². The van der Waals surface area contributed by atoms with Gasteiger partial charge in [-0.2, -0.15) is 0 Å². The highest BCUT2D eigenvalue weighted by Gasteiger charge is 2.37. The van der Waals surface area contributed by atoms with Gasteiger partial charge in [-0.3, -0.25) is 9.59 Å². The third-order valence-electron chi connectivity index (χ3n) is 4.21. The van der Waals surface area contributed by atoms with Gasteiger partial charge in [0.05, 0.1) is 7.11 Å². The SMILES string of the molecule is COc1ccc(C(=O)CCCC(=O)N(C2CC2)C(C)C(=O)O)cc1. The Balaban J connectivity index is 1.84. The van der Waals surface area contributed by atoms with E-state index in [1.165, 1.54) is 11.8 Å². The summed E-state index contributed by atoms with van der Waals surface area (Å²) in [6.45, 7) is 1.53. The molecule has 0 bridgehead atoms. The zero-order chi connectivity index (χ0) is 17.7. The molecule has 2 rings (SSSR count). The molecule has 1 aliphatic rings. The molecule has 24 heavy (non-hydrogen) atoms. The van der Waals surface area contributed by atoms with Crippen molar-refractivity contribution >= 4 is 17.7 Å². The number of hydrogen-bond donors (Lipinski definition) is 1. The van der Waals surface area contributed by atoms with E-state index in [0.717, 1.165) is 12.8 Å². The quantitative estimate of drug-likeness (QED) is 0.702. The molecule has 1 atom stereocenters. The molecule has 6 nitrogen and oxygen atoms in total. The van der Waals surface area contributed by atoms with Crippen LogP contribution in [0.2, 0.25) is 0 Å². The number of nitrogens with zero attached hydrogens (tertiary/aromatic N) is 1. The number of carboxylic acid groups (broad SMARTS) is 1. The van der Waals surface area contributed by atoms with Crippen LogP contribution in [-0.4, -0.2) is 46.9 Å². The highest BCUT2D eigenvalue weighted by atomic mass is 16.5. The smallest absolute Gasteiger partial charge is 0.326 e. The topological polar surface area (TPSA) is 83.9 Å². The van der Waals surface area contributed by atoms with E-state index >= 15 is 0 Å². The maximum absolute atomic E-state index is 12.3. The summed E-state index contributed by atoms with van der Waals surface area (Å²) in [6, 6.07) is 6.07. The zero-order valence-corrected chi connectivity index (χ0v) is 14.0. The Morgan fingerprint density at radius 3 is 2.33 bits per heavy atom. The predicted octanol–water partition coefficient (Wildman–Crippen LogP) is 2.51. The van der Waals surface area contributed by atoms with E-state index in [4.69, 9.17) is 9.84 Å². The van der Waals surface area contributed by atoms with Crippen molar-refractivity contribution in [3.05, 3.63) is 29.8 Å². The second kappa shape index (κ2) is 7.95. The van der Waals surface area contributed by atoms with Gasteiger partial charge in [-0.25, -0.2) is 4.79 Å². The molecule has 6 heteroatoms. The maximum Gasteiger partial charge on any atom is 0.326 e. The number of rotatable bonds is 9. The number of aliphatic carboxylic acids is 1. The summed E-state index contributed by atoms with van der Waals surface area (Å²) in [4.78, 5) is 37.0. The van der Waals surface area contributed by atoms with Gasteiger partial charge in [-0.1, -0.05) is 0 Å². The summed E-state index contributed by atoms with van der Waals surface area (Å²) >= 11 is 0. The lowest BCUT2D eigenvalue weighted by Crippen LogP contribution is -2.44. The molecule has 1 N–H and O–H groups in total. The number of ketones is 1. The monoisotopic (exact) mass is 333 g/mol. The number of carboxylic acids is 1. The summed E-state index contributed by atoms with van der Waals surface area (Å²) in [6.07, 6.45) is 2.58. The Morgan fingerprint density at radius 1 is 1.21 bits per heavy atom. The Morgan fingerprint density at radius 2 is 1.83 bits per heavy atom. The molecule has 0 aromatic heterocycles. The van der Waals surface area contributed by atoms with E-state index in [2.05, 4.69) is 0 Å². The van der Waals surface area contributed by atoms with Crippen LogP contribution in [0.1, 0.15) is 49.4 Å². The highest BCUT2D eigenvalue weighted by Crippen LogP contribution is 2.29. The van der Waals surface area contributed by atoms with Crippen LogP contribution in [0.3, 0.4) is 0 Å². The fourth-order valence-corrected chi connectivity index (χ4v) is 2.66. The second-order valence-electron chi connectivity index (χ2n) is 6.05. The fourth-order valence-electron chi connectivity index (χ4n) is 2.66. The molecule has 1 aromatic rings. The number of carbonyl (C=O) groups excluding carboxylic acids is 2. The lowest BCUT2D eigenvalue weighted by molar-refractivity contribution is -0.150. The van der Waals surface area contributed by atoms with Crippen molar-refractivity contribution in [2.24, 2.45) is 0 Å². The fraction of sp³-hybridized carbons (Fsp3) is 0.500. The minimum Gasteiger partial charge on any atom is -0.497 e. The molecule has 0 heterocycles. The molecule has 0 saturated heterocycles. The van der Waals surface area contributed by atoms with Gasteiger partial charge >= 0.3 is 5.97 Å². The molecule has 0 radical (unpaired) electrons. The molecule has 0 aliphatic heterocycles. The zero-order valence-electron chi connectivity index (χ0n) is 14.0. The summed E-state index contributed by atoms with van der Waals surface area (Å²) < 4.78 is 5.05. The molecule has 1 saturated carbocycles. The number of Topliss-reactive ketones (excluding diaryl/α,β-unsaturated/α-hetero) is 1. The first-order valence-corrected chi connectivity index (χ1v) is 8.15. The molecule has 0 spiro atoms. The van der Waals surface area contributed by atoms with Crippen molar-refractivity contribution in [1.82, 2.24) is 4.90 Å². The van der Waals surface area contributed by atoms with E-state index in [1.807, 2.05) is 0 Å². The van der Waals surface area contributed by atoms with E-state index in [0.29, 0.717) is 17.7 Å². The Labute approximate surface area is 141 Å². The second-order valence-corrected chi connectivity index (χ2v) is 6.05. The van der Waals surface area contributed by atoms with E-state index in [9.17, 15) is 14.4 Å². The van der Waals surface area contributed by atoms with Gasteiger partial charge in [0.15, 0.2) is 5.78 Å². The van der Waals surface area contributed by atoms with Crippen molar-refractivity contribution in [1.29, 1.82) is 0 Å². The molecule has 1 aliphatic carbocycles. The van der Waals surface area contributed by atoms with E-state index in [-0.39, 0.29) is 30.6 Å². The summed E-state index contributed by atoms with van der Waals surface area (Å²) in [7, 11) is 1.56. The Bertz CT molecular complexity index is 606. The van der Waals surface area contributed by atoms with Crippen LogP contribution < -0.4 is 4.74 Å². The van der Waals surface area contributed by atoms with Gasteiger partial charge in [0.2, 0.25) is 5.91 Å². The van der Waals surface area contributed by atoms with Crippen molar-refractivity contribution < 1.29 is 24.2 Å². The molecule has 1 fully saturated rings. The van der Waals surface area contributed by atoms with Gasteiger partial charge < -0.3 is 14.7 Å². The largest absolute Gasteiger partial charge is 0.497 e. The van der Waals surface area contributed by atoms with Crippen LogP contribution in [0.5, 0.6) is 5.75 Å². The van der Waals surface area contributed by atoms with Crippen molar-refractivity contribution in [2.75, 3.05) is 7.11 Å². The third-order valence-corrected chi connectivity index (χ3v) is 4.21. The van der Waals surface area contributed by atoms with E-state index in [1.54, 1.807) is 31.4 Å². The van der Waals surface area contributed by atoms with Crippen LogP contribution in [0.4, 0.5) is 0 Å². The predicted molar refractivity (Wildman–Crippen MR) is 88.1 cm³/mol. The summed E-state index contributed by atoms with van der Waals surface area (Å²) in [5, 5.41) is 9.12. The molecule has 130 valence electrons. The minimum atomic E-state index is -0.996. The van der Waals surface area contributed by atoms with Crippen molar-refractivity contribution in [3.8, 4) is 5.75 Å². The number of hydrogen-bond acceptors (Lipinski definition) is 4. The van der Waals surface area contributed by atoms with Crippen LogP contribution in [0.15, 0.2) is 24.3 Å². The molecule has 1 amide bonds. The first kappa shape index (κ1) is 18.0. The number of carbonyl (C=O) groups is 3. The lowest BCUT2D eigenvalue weighted by Gasteiger charge is -2.26. The maximum atomic E-state index is 12.3. The normalized spacial score (nSPS) is 14.8. The Kier molecular flexibility index (Phi) is 5.95. The number of amides is 1.